The van der Waals surface area contributed by atoms with Gasteiger partial charge >= 0.3 is 0 Å². The highest BCUT2D eigenvalue weighted by Crippen LogP contribution is 2.34. The molecular formula is C14H25N3O. The zero-order valence-corrected chi connectivity index (χ0v) is 12.1. The summed E-state index contributed by atoms with van der Waals surface area (Å²) in [6.07, 6.45) is 2.46. The molecule has 1 rings (SSSR count). The third-order valence-corrected chi connectivity index (χ3v) is 2.62. The monoisotopic (exact) mass is 251 g/mol. The number of rotatable bonds is 5. The lowest BCUT2D eigenvalue weighted by Crippen LogP contribution is -2.25. The van der Waals surface area contributed by atoms with Crippen molar-refractivity contribution < 1.29 is 4.74 Å². The number of hydrogen-bond donors (Lipinski definition) is 1. The van der Waals surface area contributed by atoms with E-state index >= 15 is 0 Å². The minimum absolute atomic E-state index is 0.0248. The van der Waals surface area contributed by atoms with Gasteiger partial charge in [-0.1, -0.05) is 20.8 Å². The minimum Gasteiger partial charge on any atom is -0.370 e. The second kappa shape index (κ2) is 6.25. The molecule has 0 bridgehead atoms. The van der Waals surface area contributed by atoms with Crippen LogP contribution in [0.3, 0.4) is 0 Å². The van der Waals surface area contributed by atoms with Crippen LogP contribution >= 0.6 is 0 Å². The van der Waals surface area contributed by atoms with Crippen molar-refractivity contribution in [3.05, 3.63) is 23.8 Å². The Bertz CT molecular complexity index is 372. The molecule has 0 saturated heterocycles. The van der Waals surface area contributed by atoms with E-state index in [0.717, 1.165) is 17.9 Å². The van der Waals surface area contributed by atoms with Gasteiger partial charge in [-0.15, -0.1) is 0 Å². The lowest BCUT2D eigenvalue weighted by Gasteiger charge is -2.29. The molecule has 4 heteroatoms. The van der Waals surface area contributed by atoms with Gasteiger partial charge in [0, 0.05) is 31.0 Å². The molecule has 0 aromatic carbocycles. The lowest BCUT2D eigenvalue weighted by atomic mass is 9.88. The number of nitrogens with two attached hydrogens (primary N) is 1. The Morgan fingerprint density at radius 1 is 1.39 bits per heavy atom. The highest BCUT2D eigenvalue weighted by atomic mass is 16.5. The van der Waals surface area contributed by atoms with Crippen molar-refractivity contribution in [2.24, 2.45) is 11.1 Å². The van der Waals surface area contributed by atoms with Gasteiger partial charge in [-0.05, 0) is 25.3 Å². The summed E-state index contributed by atoms with van der Waals surface area (Å²) in [4.78, 5) is 8.94. The Hall–Kier alpha value is -1.00. The zero-order chi connectivity index (χ0) is 13.8. The van der Waals surface area contributed by atoms with Gasteiger partial charge in [0.2, 0.25) is 0 Å². The normalized spacial score (nSPS) is 15.4. The third-order valence-electron chi connectivity index (χ3n) is 2.62. The molecule has 0 saturated carbocycles. The summed E-state index contributed by atoms with van der Waals surface area (Å²) in [5, 5.41) is 0. The zero-order valence-electron chi connectivity index (χ0n) is 12.1. The van der Waals surface area contributed by atoms with E-state index in [9.17, 15) is 0 Å². The van der Waals surface area contributed by atoms with Crippen molar-refractivity contribution in [3.63, 3.8) is 0 Å². The van der Waals surface area contributed by atoms with Gasteiger partial charge in [0.25, 0.3) is 0 Å². The summed E-state index contributed by atoms with van der Waals surface area (Å²) < 4.78 is 5.80. The van der Waals surface area contributed by atoms with E-state index < -0.39 is 0 Å². The third kappa shape index (κ3) is 4.35. The van der Waals surface area contributed by atoms with Crippen LogP contribution in [-0.2, 0) is 11.2 Å². The second-order valence-corrected chi connectivity index (χ2v) is 5.79. The number of ether oxygens (including phenoxy) is 1. The fourth-order valence-corrected chi connectivity index (χ4v) is 1.86. The predicted octanol–water partition coefficient (Wildman–Crippen LogP) is 2.49. The Morgan fingerprint density at radius 2 is 2.06 bits per heavy atom. The maximum atomic E-state index is 5.80. The summed E-state index contributed by atoms with van der Waals surface area (Å²) in [6, 6.07) is 2.02. The van der Waals surface area contributed by atoms with Gasteiger partial charge in [0.1, 0.15) is 6.10 Å². The Labute approximate surface area is 110 Å². The molecule has 4 nitrogen and oxygen atoms in total. The number of nitrogens with zero attached hydrogens (tertiary/aromatic N) is 2. The Kier molecular flexibility index (Phi) is 5.23. The summed E-state index contributed by atoms with van der Waals surface area (Å²) in [5.41, 5.74) is 6.75. The molecule has 0 radical (unpaired) electrons. The van der Waals surface area contributed by atoms with Crippen LogP contribution in [0.4, 0.5) is 0 Å². The molecule has 1 aromatic heterocycles. The molecule has 1 aromatic rings. The van der Waals surface area contributed by atoms with Crippen molar-refractivity contribution in [2.75, 3.05) is 6.61 Å². The minimum atomic E-state index is -0.0875. The summed E-state index contributed by atoms with van der Waals surface area (Å²) in [6.45, 7) is 11.0. The van der Waals surface area contributed by atoms with Crippen molar-refractivity contribution in [1.29, 1.82) is 0 Å². The van der Waals surface area contributed by atoms with Crippen LogP contribution in [-0.4, -0.2) is 22.6 Å². The molecule has 0 spiro atoms. The Morgan fingerprint density at radius 3 is 2.56 bits per heavy atom. The fraction of sp³-hybridized carbons (Fsp3) is 0.714. The summed E-state index contributed by atoms with van der Waals surface area (Å²) in [5.74, 6) is 0.752. The summed E-state index contributed by atoms with van der Waals surface area (Å²) >= 11 is 0. The van der Waals surface area contributed by atoms with Crippen LogP contribution < -0.4 is 5.73 Å². The summed E-state index contributed by atoms with van der Waals surface area (Å²) in [7, 11) is 0. The molecule has 2 N–H and O–H groups in total. The molecule has 18 heavy (non-hydrogen) atoms. The van der Waals surface area contributed by atoms with Crippen molar-refractivity contribution in [1.82, 2.24) is 9.97 Å². The number of aromatic nitrogens is 2. The van der Waals surface area contributed by atoms with Crippen LogP contribution in [0.25, 0.3) is 0 Å². The molecule has 2 unspecified atom stereocenters. The van der Waals surface area contributed by atoms with Crippen LogP contribution in [0.2, 0.25) is 0 Å². The fourth-order valence-electron chi connectivity index (χ4n) is 1.86. The molecule has 1 heterocycles. The van der Waals surface area contributed by atoms with E-state index in [4.69, 9.17) is 10.5 Å². The van der Waals surface area contributed by atoms with E-state index in [2.05, 4.69) is 30.7 Å². The maximum Gasteiger partial charge on any atom is 0.157 e. The number of hydrogen-bond acceptors (Lipinski definition) is 4. The van der Waals surface area contributed by atoms with Gasteiger partial charge in [0.15, 0.2) is 5.82 Å². The highest BCUT2D eigenvalue weighted by Gasteiger charge is 2.29. The molecule has 2 atom stereocenters. The SMILES string of the molecule is CCOC(c1nccc(CC(C)N)n1)C(C)(C)C. The largest absolute Gasteiger partial charge is 0.370 e. The molecule has 0 aliphatic rings. The lowest BCUT2D eigenvalue weighted by molar-refractivity contribution is -0.0192. The quantitative estimate of drug-likeness (QED) is 0.873. The van der Waals surface area contributed by atoms with Gasteiger partial charge in [-0.25, -0.2) is 9.97 Å². The van der Waals surface area contributed by atoms with Crippen molar-refractivity contribution >= 4 is 0 Å². The second-order valence-electron chi connectivity index (χ2n) is 5.79. The van der Waals surface area contributed by atoms with Gasteiger partial charge in [-0.3, -0.25) is 0 Å². The van der Waals surface area contributed by atoms with Gasteiger partial charge < -0.3 is 10.5 Å². The molecule has 0 fully saturated rings. The predicted molar refractivity (Wildman–Crippen MR) is 73.2 cm³/mol. The van der Waals surface area contributed by atoms with Crippen LogP contribution in [0.5, 0.6) is 0 Å². The van der Waals surface area contributed by atoms with E-state index in [0.29, 0.717) is 6.61 Å². The molecular weight excluding hydrogens is 226 g/mol. The first-order valence-corrected chi connectivity index (χ1v) is 6.53. The first-order valence-electron chi connectivity index (χ1n) is 6.53. The van der Waals surface area contributed by atoms with Gasteiger partial charge in [-0.2, -0.15) is 0 Å². The maximum absolute atomic E-state index is 5.80. The first kappa shape index (κ1) is 15.1. The molecule has 0 aliphatic carbocycles. The first-order chi connectivity index (χ1) is 8.34. The standard InChI is InChI=1S/C14H25N3O/c1-6-18-12(14(3,4)5)13-16-8-7-11(17-13)9-10(2)15/h7-8,10,12H,6,9,15H2,1-5H3. The average Bonchev–Trinajstić information content (AvgIpc) is 2.23. The van der Waals surface area contributed by atoms with Crippen LogP contribution in [0.15, 0.2) is 12.3 Å². The van der Waals surface area contributed by atoms with Crippen LogP contribution in [0.1, 0.15) is 52.2 Å². The van der Waals surface area contributed by atoms with Crippen molar-refractivity contribution in [2.45, 2.75) is 53.2 Å². The highest BCUT2D eigenvalue weighted by molar-refractivity contribution is 5.07. The molecule has 0 aliphatic heterocycles. The molecule has 0 amide bonds. The van der Waals surface area contributed by atoms with E-state index in [1.54, 1.807) is 6.20 Å². The average molecular weight is 251 g/mol. The molecule has 102 valence electrons. The Balaban J connectivity index is 2.98. The van der Waals surface area contributed by atoms with Gasteiger partial charge in [0.05, 0.1) is 0 Å². The smallest absolute Gasteiger partial charge is 0.157 e. The van der Waals surface area contributed by atoms with Crippen LogP contribution in [0, 0.1) is 5.41 Å². The van der Waals surface area contributed by atoms with E-state index in [1.807, 2.05) is 19.9 Å². The topological polar surface area (TPSA) is 61.0 Å². The van der Waals surface area contributed by atoms with E-state index in [1.165, 1.54) is 0 Å². The van der Waals surface area contributed by atoms with Crippen molar-refractivity contribution in [3.8, 4) is 0 Å². The van der Waals surface area contributed by atoms with E-state index in [-0.39, 0.29) is 17.6 Å².